The van der Waals surface area contributed by atoms with Crippen molar-refractivity contribution >= 4 is 23.4 Å². The first-order valence-corrected chi connectivity index (χ1v) is 8.18. The third-order valence-electron chi connectivity index (χ3n) is 3.69. The Morgan fingerprint density at radius 3 is 2.44 bits per heavy atom. The molecule has 0 aromatic heterocycles. The van der Waals surface area contributed by atoms with Crippen LogP contribution in [0.15, 0.2) is 18.2 Å². The Kier molecular flexibility index (Phi) is 6.54. The van der Waals surface area contributed by atoms with Crippen LogP contribution in [0.25, 0.3) is 0 Å². The lowest BCUT2D eigenvalue weighted by Gasteiger charge is -2.30. The van der Waals surface area contributed by atoms with E-state index in [0.717, 1.165) is 18.1 Å². The standard InChI is InChI=1S/C15H24ClNS/c1-5-15(6-2,18-4)11-17-10-13-8-7-12(3)9-14(13)16/h7-9,17H,5-6,10-11H2,1-4H3. The van der Waals surface area contributed by atoms with E-state index in [1.807, 2.05) is 17.8 Å². The molecule has 0 heterocycles. The van der Waals surface area contributed by atoms with Crippen LogP contribution in [0.5, 0.6) is 0 Å². The lowest BCUT2D eigenvalue weighted by Crippen LogP contribution is -2.36. The van der Waals surface area contributed by atoms with Gasteiger partial charge in [-0.2, -0.15) is 11.8 Å². The van der Waals surface area contributed by atoms with Gasteiger partial charge in [-0.3, -0.25) is 0 Å². The van der Waals surface area contributed by atoms with Crippen molar-refractivity contribution in [3.8, 4) is 0 Å². The SMILES string of the molecule is CCC(CC)(CNCc1ccc(C)cc1Cl)SC. The van der Waals surface area contributed by atoms with Gasteiger partial charge in [0.1, 0.15) is 0 Å². The van der Waals surface area contributed by atoms with E-state index in [9.17, 15) is 0 Å². The summed E-state index contributed by atoms with van der Waals surface area (Å²) in [5.74, 6) is 0. The maximum absolute atomic E-state index is 6.24. The minimum absolute atomic E-state index is 0.358. The summed E-state index contributed by atoms with van der Waals surface area (Å²) in [7, 11) is 0. The smallest absolute Gasteiger partial charge is 0.0453 e. The van der Waals surface area contributed by atoms with Gasteiger partial charge in [0.2, 0.25) is 0 Å². The molecule has 0 unspecified atom stereocenters. The van der Waals surface area contributed by atoms with Crippen LogP contribution in [0, 0.1) is 6.92 Å². The molecule has 0 bridgehead atoms. The van der Waals surface area contributed by atoms with Crippen LogP contribution in [0.4, 0.5) is 0 Å². The van der Waals surface area contributed by atoms with Crippen LogP contribution in [0.3, 0.4) is 0 Å². The molecule has 0 saturated carbocycles. The Hall–Kier alpha value is -0.180. The van der Waals surface area contributed by atoms with Gasteiger partial charge in [0, 0.05) is 22.9 Å². The van der Waals surface area contributed by atoms with Gasteiger partial charge in [-0.1, -0.05) is 37.6 Å². The maximum atomic E-state index is 6.24. The molecule has 0 spiro atoms. The molecule has 0 radical (unpaired) electrons. The molecular weight excluding hydrogens is 262 g/mol. The van der Waals surface area contributed by atoms with Gasteiger partial charge in [-0.05, 0) is 43.2 Å². The van der Waals surface area contributed by atoms with E-state index >= 15 is 0 Å². The van der Waals surface area contributed by atoms with Crippen LogP contribution in [-0.2, 0) is 6.54 Å². The first-order valence-electron chi connectivity index (χ1n) is 6.57. The summed E-state index contributed by atoms with van der Waals surface area (Å²) in [6.07, 6.45) is 4.59. The highest BCUT2D eigenvalue weighted by molar-refractivity contribution is 8.00. The van der Waals surface area contributed by atoms with E-state index in [0.29, 0.717) is 4.75 Å². The van der Waals surface area contributed by atoms with E-state index in [4.69, 9.17) is 11.6 Å². The second-order valence-corrected chi connectivity index (χ2v) is 6.47. The van der Waals surface area contributed by atoms with Gasteiger partial charge in [-0.15, -0.1) is 0 Å². The second-order valence-electron chi connectivity index (χ2n) is 4.79. The summed E-state index contributed by atoms with van der Waals surface area (Å²) in [5.41, 5.74) is 2.40. The largest absolute Gasteiger partial charge is 0.311 e. The molecule has 0 saturated heterocycles. The second kappa shape index (κ2) is 7.42. The molecule has 0 aliphatic heterocycles. The monoisotopic (exact) mass is 285 g/mol. The number of hydrogen-bond donors (Lipinski definition) is 1. The average Bonchev–Trinajstić information content (AvgIpc) is 2.38. The van der Waals surface area contributed by atoms with E-state index in [2.05, 4.69) is 44.5 Å². The van der Waals surface area contributed by atoms with Crippen LogP contribution < -0.4 is 5.32 Å². The summed E-state index contributed by atoms with van der Waals surface area (Å²) in [4.78, 5) is 0. The first kappa shape index (κ1) is 15.9. The van der Waals surface area contributed by atoms with Crippen molar-refractivity contribution < 1.29 is 0 Å². The molecule has 1 rings (SSSR count). The Morgan fingerprint density at radius 2 is 1.94 bits per heavy atom. The van der Waals surface area contributed by atoms with Gasteiger partial charge in [0.15, 0.2) is 0 Å². The minimum atomic E-state index is 0.358. The van der Waals surface area contributed by atoms with E-state index in [-0.39, 0.29) is 0 Å². The van der Waals surface area contributed by atoms with Crippen LogP contribution in [0.2, 0.25) is 5.02 Å². The Labute approximate surface area is 121 Å². The lowest BCUT2D eigenvalue weighted by atomic mass is 10.0. The van der Waals surface area contributed by atoms with Crippen LogP contribution in [-0.4, -0.2) is 17.5 Å². The molecule has 0 atom stereocenters. The highest BCUT2D eigenvalue weighted by Gasteiger charge is 2.24. The lowest BCUT2D eigenvalue weighted by molar-refractivity contribution is 0.495. The predicted octanol–water partition coefficient (Wildman–Crippen LogP) is 4.66. The van der Waals surface area contributed by atoms with Crippen molar-refractivity contribution in [2.45, 2.75) is 44.9 Å². The molecule has 1 N–H and O–H groups in total. The first-order chi connectivity index (χ1) is 8.56. The number of aryl methyl sites for hydroxylation is 1. The molecule has 0 aliphatic carbocycles. The Balaban J connectivity index is 2.55. The van der Waals surface area contributed by atoms with Crippen LogP contribution >= 0.6 is 23.4 Å². The summed E-state index contributed by atoms with van der Waals surface area (Å²) >= 11 is 8.20. The highest BCUT2D eigenvalue weighted by Crippen LogP contribution is 2.29. The fraction of sp³-hybridized carbons (Fsp3) is 0.600. The molecule has 0 fully saturated rings. The topological polar surface area (TPSA) is 12.0 Å². The number of thioether (sulfide) groups is 1. The van der Waals surface area contributed by atoms with Gasteiger partial charge in [-0.25, -0.2) is 0 Å². The maximum Gasteiger partial charge on any atom is 0.0453 e. The molecule has 1 aromatic carbocycles. The van der Waals surface area contributed by atoms with Crippen molar-refractivity contribution in [1.29, 1.82) is 0 Å². The summed E-state index contributed by atoms with van der Waals surface area (Å²) in [5, 5.41) is 4.42. The number of hydrogen-bond acceptors (Lipinski definition) is 2. The number of halogens is 1. The predicted molar refractivity (Wildman–Crippen MR) is 84.7 cm³/mol. The van der Waals surface area contributed by atoms with Crippen molar-refractivity contribution in [1.82, 2.24) is 5.32 Å². The number of nitrogens with one attached hydrogen (secondary N) is 1. The van der Waals surface area contributed by atoms with Gasteiger partial charge in [0.05, 0.1) is 0 Å². The molecule has 102 valence electrons. The fourth-order valence-corrected chi connectivity index (χ4v) is 3.21. The van der Waals surface area contributed by atoms with Gasteiger partial charge >= 0.3 is 0 Å². The third kappa shape index (κ3) is 4.18. The third-order valence-corrected chi connectivity index (χ3v) is 5.63. The Bertz CT molecular complexity index is 366. The zero-order valence-corrected chi connectivity index (χ0v) is 13.4. The Morgan fingerprint density at radius 1 is 1.28 bits per heavy atom. The van der Waals surface area contributed by atoms with Crippen molar-refractivity contribution in [2.24, 2.45) is 0 Å². The molecule has 0 aliphatic rings. The van der Waals surface area contributed by atoms with Gasteiger partial charge < -0.3 is 5.32 Å². The minimum Gasteiger partial charge on any atom is -0.311 e. The fourth-order valence-electron chi connectivity index (χ4n) is 2.08. The van der Waals surface area contributed by atoms with E-state index in [1.165, 1.54) is 24.0 Å². The van der Waals surface area contributed by atoms with E-state index < -0.39 is 0 Å². The normalized spacial score (nSPS) is 11.8. The van der Waals surface area contributed by atoms with Crippen molar-refractivity contribution in [2.75, 3.05) is 12.8 Å². The zero-order chi connectivity index (χ0) is 13.6. The summed E-state index contributed by atoms with van der Waals surface area (Å²) in [6, 6.07) is 6.26. The quantitative estimate of drug-likeness (QED) is 0.782. The number of benzene rings is 1. The van der Waals surface area contributed by atoms with Crippen molar-refractivity contribution in [3.63, 3.8) is 0 Å². The number of rotatable bonds is 7. The summed E-state index contributed by atoms with van der Waals surface area (Å²) < 4.78 is 0.358. The summed E-state index contributed by atoms with van der Waals surface area (Å²) in [6.45, 7) is 8.48. The highest BCUT2D eigenvalue weighted by atomic mass is 35.5. The molecule has 0 amide bonds. The van der Waals surface area contributed by atoms with E-state index in [1.54, 1.807) is 0 Å². The molecule has 1 nitrogen and oxygen atoms in total. The molecular formula is C15H24ClNS. The van der Waals surface area contributed by atoms with Gasteiger partial charge in [0.25, 0.3) is 0 Å². The zero-order valence-electron chi connectivity index (χ0n) is 11.8. The van der Waals surface area contributed by atoms with Crippen molar-refractivity contribution in [3.05, 3.63) is 34.3 Å². The van der Waals surface area contributed by atoms with Crippen LogP contribution in [0.1, 0.15) is 37.8 Å². The molecule has 1 aromatic rings. The molecule has 18 heavy (non-hydrogen) atoms. The average molecular weight is 286 g/mol. The molecule has 3 heteroatoms.